The van der Waals surface area contributed by atoms with Crippen LogP contribution in [0.1, 0.15) is 57.3 Å². The van der Waals surface area contributed by atoms with Gasteiger partial charge in [0.1, 0.15) is 6.26 Å². The SMILES string of the molecule is Cn1cc(-c2cc(Cn3ccoc3=N)cc3c2CCN(Cc2cc(C4CC4)nn2C)C3=O)c(C(F)(F)F)n1. The van der Waals surface area contributed by atoms with Gasteiger partial charge in [-0.1, -0.05) is 0 Å². The molecule has 12 heteroatoms. The first-order valence-electron chi connectivity index (χ1n) is 12.4. The van der Waals surface area contributed by atoms with Crippen LogP contribution in [-0.4, -0.2) is 41.5 Å². The van der Waals surface area contributed by atoms with Crippen LogP contribution in [0.3, 0.4) is 0 Å². The van der Waals surface area contributed by atoms with Crippen molar-refractivity contribution in [1.82, 2.24) is 29.0 Å². The summed E-state index contributed by atoms with van der Waals surface area (Å²) in [6.45, 7) is 0.899. The summed E-state index contributed by atoms with van der Waals surface area (Å²) in [6.07, 6.45) is 2.27. The minimum absolute atomic E-state index is 0.0663. The minimum atomic E-state index is -4.66. The zero-order chi connectivity index (χ0) is 26.8. The smallest absolute Gasteiger partial charge is 0.432 e. The van der Waals surface area contributed by atoms with Gasteiger partial charge in [0, 0.05) is 50.1 Å². The van der Waals surface area contributed by atoms with Crippen molar-refractivity contribution < 1.29 is 22.4 Å². The molecule has 0 unspecified atom stereocenters. The average Bonchev–Trinajstić information content (AvgIpc) is 3.37. The lowest BCUT2D eigenvalue weighted by Crippen LogP contribution is -2.38. The lowest BCUT2D eigenvalue weighted by atomic mass is 9.88. The van der Waals surface area contributed by atoms with Crippen molar-refractivity contribution in [2.45, 2.75) is 44.4 Å². The molecule has 3 aromatic heterocycles. The van der Waals surface area contributed by atoms with Crippen LogP contribution >= 0.6 is 0 Å². The number of aromatic nitrogens is 5. The quantitative estimate of drug-likeness (QED) is 0.414. The highest BCUT2D eigenvalue weighted by Crippen LogP contribution is 2.41. The van der Waals surface area contributed by atoms with E-state index in [2.05, 4.69) is 10.2 Å². The highest BCUT2D eigenvalue weighted by Gasteiger charge is 2.39. The fourth-order valence-corrected chi connectivity index (χ4v) is 5.17. The van der Waals surface area contributed by atoms with Crippen molar-refractivity contribution in [1.29, 1.82) is 5.41 Å². The van der Waals surface area contributed by atoms with E-state index in [1.54, 1.807) is 27.9 Å². The molecule has 0 saturated heterocycles. The van der Waals surface area contributed by atoms with Gasteiger partial charge >= 0.3 is 6.18 Å². The normalized spacial score (nSPS) is 15.8. The van der Waals surface area contributed by atoms with Gasteiger partial charge < -0.3 is 9.32 Å². The number of halogens is 3. The summed E-state index contributed by atoms with van der Waals surface area (Å²) in [4.78, 5) is 15.5. The van der Waals surface area contributed by atoms with E-state index < -0.39 is 11.9 Å². The van der Waals surface area contributed by atoms with E-state index in [0.29, 0.717) is 47.7 Å². The zero-order valence-electron chi connectivity index (χ0n) is 20.9. The van der Waals surface area contributed by atoms with E-state index in [-0.39, 0.29) is 23.7 Å². The van der Waals surface area contributed by atoms with Gasteiger partial charge in [-0.3, -0.25) is 24.1 Å². The molecule has 4 heterocycles. The molecule has 1 saturated carbocycles. The van der Waals surface area contributed by atoms with Gasteiger partial charge in [-0.25, -0.2) is 0 Å². The molecule has 0 bridgehead atoms. The van der Waals surface area contributed by atoms with Gasteiger partial charge in [0.25, 0.3) is 11.6 Å². The van der Waals surface area contributed by atoms with E-state index in [1.165, 1.54) is 24.1 Å². The number of alkyl halides is 3. The Bertz CT molecular complexity index is 1600. The molecule has 38 heavy (non-hydrogen) atoms. The Morgan fingerprint density at radius 2 is 1.84 bits per heavy atom. The van der Waals surface area contributed by atoms with Gasteiger partial charge in [0.15, 0.2) is 5.69 Å². The highest BCUT2D eigenvalue weighted by molar-refractivity contribution is 5.99. The largest absolute Gasteiger partial charge is 0.435 e. The Morgan fingerprint density at radius 1 is 1.08 bits per heavy atom. The van der Waals surface area contributed by atoms with E-state index in [1.807, 2.05) is 13.1 Å². The number of benzene rings is 1. The van der Waals surface area contributed by atoms with Crippen LogP contribution in [0.5, 0.6) is 0 Å². The zero-order valence-corrected chi connectivity index (χ0v) is 20.9. The number of nitrogens with zero attached hydrogens (tertiary/aromatic N) is 6. The van der Waals surface area contributed by atoms with Crippen LogP contribution in [0, 0.1) is 5.41 Å². The molecular formula is C26H26F3N7O2. The number of carbonyl (C=O) groups is 1. The van der Waals surface area contributed by atoms with Gasteiger partial charge in [-0.05, 0) is 54.2 Å². The summed E-state index contributed by atoms with van der Waals surface area (Å²) in [5, 5.41) is 16.2. The molecule has 1 aliphatic carbocycles. The van der Waals surface area contributed by atoms with Crippen LogP contribution in [0.15, 0.2) is 41.3 Å². The van der Waals surface area contributed by atoms with Gasteiger partial charge in [0.2, 0.25) is 0 Å². The van der Waals surface area contributed by atoms with Crippen LogP contribution in [-0.2, 0) is 39.8 Å². The Labute approximate surface area is 215 Å². The maximum Gasteiger partial charge on any atom is 0.435 e. The molecule has 0 radical (unpaired) electrons. The van der Waals surface area contributed by atoms with E-state index in [9.17, 15) is 18.0 Å². The van der Waals surface area contributed by atoms with E-state index in [4.69, 9.17) is 9.83 Å². The van der Waals surface area contributed by atoms with Crippen molar-refractivity contribution in [3.63, 3.8) is 0 Å². The van der Waals surface area contributed by atoms with E-state index in [0.717, 1.165) is 28.9 Å². The topological polar surface area (TPSA) is 97.9 Å². The molecule has 4 aromatic rings. The first-order valence-corrected chi connectivity index (χ1v) is 12.4. The molecule has 2 aliphatic rings. The number of aryl methyl sites for hydroxylation is 2. The number of fused-ring (bicyclic) bond motifs is 1. The van der Waals surface area contributed by atoms with E-state index >= 15 is 0 Å². The number of rotatable bonds is 6. The molecule has 1 amide bonds. The number of hydrogen-bond acceptors (Lipinski definition) is 5. The standard InChI is InChI=1S/C26H26F3N7O2/c1-33-14-21(23(32-33)26(27,28)29)19-9-15(12-36-7-8-38-25(36)30)10-20-18(19)5-6-35(24(20)37)13-17-11-22(16-3-4-16)31-34(17)2/h7-11,14,16,30H,3-6,12-13H2,1-2H3. The molecule has 1 fully saturated rings. The summed E-state index contributed by atoms with van der Waals surface area (Å²) in [7, 11) is 3.31. The Kier molecular flexibility index (Phi) is 5.58. The fourth-order valence-electron chi connectivity index (χ4n) is 5.17. The summed E-state index contributed by atoms with van der Waals surface area (Å²) in [5.41, 5.74) is 2.65. The molecule has 198 valence electrons. The van der Waals surface area contributed by atoms with Crippen molar-refractivity contribution in [3.05, 3.63) is 76.3 Å². The summed E-state index contributed by atoms with van der Waals surface area (Å²) < 4.78 is 51.3. The number of nitrogens with one attached hydrogen (secondary N) is 1. The maximum atomic E-state index is 13.9. The van der Waals surface area contributed by atoms with Crippen LogP contribution in [0.4, 0.5) is 13.2 Å². The van der Waals surface area contributed by atoms with Crippen LogP contribution < -0.4 is 5.68 Å². The van der Waals surface area contributed by atoms with Gasteiger partial charge in [-0.15, -0.1) is 0 Å². The average molecular weight is 526 g/mol. The second-order valence-electron chi connectivity index (χ2n) is 10.0. The summed E-state index contributed by atoms with van der Waals surface area (Å²) in [5.74, 6) is 0.242. The number of carbonyl (C=O) groups excluding carboxylic acids is 1. The predicted molar refractivity (Wildman–Crippen MR) is 129 cm³/mol. The Hall–Kier alpha value is -4.09. The van der Waals surface area contributed by atoms with Crippen LogP contribution in [0.25, 0.3) is 11.1 Å². The number of amides is 1. The monoisotopic (exact) mass is 525 g/mol. The Balaban J connectivity index is 1.42. The third kappa shape index (κ3) is 4.33. The fraction of sp³-hybridized carbons (Fsp3) is 0.385. The van der Waals surface area contributed by atoms with Gasteiger partial charge in [-0.2, -0.15) is 23.4 Å². The Morgan fingerprint density at radius 3 is 2.53 bits per heavy atom. The lowest BCUT2D eigenvalue weighted by Gasteiger charge is -2.30. The molecule has 0 spiro atoms. The summed E-state index contributed by atoms with van der Waals surface area (Å²) >= 11 is 0. The minimum Gasteiger partial charge on any atom is -0.432 e. The highest BCUT2D eigenvalue weighted by atomic mass is 19.4. The molecule has 9 nitrogen and oxygen atoms in total. The number of hydrogen-bond donors (Lipinski definition) is 1. The first-order chi connectivity index (χ1) is 18.1. The third-order valence-corrected chi connectivity index (χ3v) is 7.22. The molecule has 1 N–H and O–H groups in total. The van der Waals surface area contributed by atoms with Crippen molar-refractivity contribution in [2.75, 3.05) is 6.54 Å². The second-order valence-corrected chi connectivity index (χ2v) is 10.0. The molecule has 1 aromatic carbocycles. The third-order valence-electron chi connectivity index (χ3n) is 7.22. The number of oxazole rings is 1. The summed E-state index contributed by atoms with van der Waals surface area (Å²) in [6, 6.07) is 5.42. The first kappa shape index (κ1) is 24.3. The van der Waals surface area contributed by atoms with Crippen molar-refractivity contribution in [2.24, 2.45) is 14.1 Å². The lowest BCUT2D eigenvalue weighted by molar-refractivity contribution is -0.140. The maximum absolute atomic E-state index is 13.9. The van der Waals surface area contributed by atoms with Gasteiger partial charge in [0.05, 0.1) is 24.5 Å². The predicted octanol–water partition coefficient (Wildman–Crippen LogP) is 3.84. The molecule has 1 aliphatic heterocycles. The van der Waals surface area contributed by atoms with Crippen LogP contribution in [0.2, 0.25) is 0 Å². The van der Waals surface area contributed by atoms with Crippen molar-refractivity contribution >= 4 is 5.91 Å². The molecule has 0 atom stereocenters. The molecule has 6 rings (SSSR count). The molecular weight excluding hydrogens is 499 g/mol. The van der Waals surface area contributed by atoms with Crippen molar-refractivity contribution in [3.8, 4) is 11.1 Å². The second kappa shape index (κ2) is 8.74.